The van der Waals surface area contributed by atoms with Gasteiger partial charge in [0.2, 0.25) is 0 Å². The minimum atomic E-state index is -0.831. The van der Waals surface area contributed by atoms with Crippen LogP contribution < -0.4 is 4.90 Å². The lowest BCUT2D eigenvalue weighted by Crippen LogP contribution is -2.09. The second-order valence-corrected chi connectivity index (χ2v) is 3.76. The van der Waals surface area contributed by atoms with Gasteiger partial charge in [-0.15, -0.1) is 0 Å². The molecule has 4 heteroatoms. The molecule has 0 heterocycles. The molecular formula is C12H17NO3. The summed E-state index contributed by atoms with van der Waals surface area (Å²) in [7, 11) is 3.95. The fourth-order valence-electron chi connectivity index (χ4n) is 1.27. The van der Waals surface area contributed by atoms with Crippen LogP contribution in [-0.2, 0) is 16.1 Å². The first-order valence-electron chi connectivity index (χ1n) is 5.15. The quantitative estimate of drug-likeness (QED) is 0.746. The molecule has 0 bridgehead atoms. The van der Waals surface area contributed by atoms with Crippen molar-refractivity contribution in [2.75, 3.05) is 25.6 Å². The van der Waals surface area contributed by atoms with Crippen LogP contribution in [0.3, 0.4) is 0 Å². The Morgan fingerprint density at radius 3 is 2.81 bits per heavy atom. The van der Waals surface area contributed by atoms with Gasteiger partial charge < -0.3 is 14.7 Å². The number of aliphatic carboxylic acids is 1. The molecule has 1 aromatic rings. The van der Waals surface area contributed by atoms with Crippen molar-refractivity contribution in [3.8, 4) is 0 Å². The molecule has 1 aromatic carbocycles. The van der Waals surface area contributed by atoms with Crippen LogP contribution in [0, 0.1) is 0 Å². The van der Waals surface area contributed by atoms with Crippen molar-refractivity contribution >= 4 is 11.7 Å². The third-order valence-corrected chi connectivity index (χ3v) is 2.16. The number of carboxylic acid groups (broad SMARTS) is 1. The Kier molecular flexibility index (Phi) is 4.79. The predicted molar refractivity (Wildman–Crippen MR) is 62.7 cm³/mol. The van der Waals surface area contributed by atoms with Crippen LogP contribution in [0.5, 0.6) is 0 Å². The molecule has 1 rings (SSSR count). The van der Waals surface area contributed by atoms with Gasteiger partial charge in [0.15, 0.2) is 0 Å². The van der Waals surface area contributed by atoms with E-state index in [2.05, 4.69) is 0 Å². The summed E-state index contributed by atoms with van der Waals surface area (Å²) in [6.07, 6.45) is 0.0490. The van der Waals surface area contributed by atoms with Gasteiger partial charge in [0.25, 0.3) is 0 Å². The lowest BCUT2D eigenvalue weighted by Gasteiger charge is -2.13. The topological polar surface area (TPSA) is 49.8 Å². The van der Waals surface area contributed by atoms with E-state index < -0.39 is 5.97 Å². The number of anilines is 1. The minimum absolute atomic E-state index is 0.0490. The van der Waals surface area contributed by atoms with E-state index >= 15 is 0 Å². The lowest BCUT2D eigenvalue weighted by molar-refractivity contribution is -0.138. The minimum Gasteiger partial charge on any atom is -0.481 e. The number of nitrogens with zero attached hydrogens (tertiary/aromatic N) is 1. The molecule has 0 fully saturated rings. The van der Waals surface area contributed by atoms with E-state index in [-0.39, 0.29) is 13.0 Å². The van der Waals surface area contributed by atoms with Crippen molar-refractivity contribution in [2.45, 2.75) is 13.0 Å². The van der Waals surface area contributed by atoms with Gasteiger partial charge in [0.05, 0.1) is 19.6 Å². The van der Waals surface area contributed by atoms with Crippen molar-refractivity contribution in [1.29, 1.82) is 0 Å². The first-order chi connectivity index (χ1) is 7.59. The standard InChI is InChI=1S/C12H17NO3/c1-13(2)11-5-3-4-10(8-11)9-16-7-6-12(14)15/h3-5,8H,6-7,9H2,1-2H3,(H,14,15). The van der Waals surface area contributed by atoms with Crippen LogP contribution in [-0.4, -0.2) is 31.8 Å². The third-order valence-electron chi connectivity index (χ3n) is 2.16. The highest BCUT2D eigenvalue weighted by atomic mass is 16.5. The maximum Gasteiger partial charge on any atom is 0.305 e. The molecule has 88 valence electrons. The SMILES string of the molecule is CN(C)c1cccc(COCCC(=O)O)c1. The molecule has 1 N–H and O–H groups in total. The number of carboxylic acids is 1. The van der Waals surface area contributed by atoms with Crippen LogP contribution in [0.1, 0.15) is 12.0 Å². The van der Waals surface area contributed by atoms with E-state index in [4.69, 9.17) is 9.84 Å². The first kappa shape index (κ1) is 12.5. The molecule has 16 heavy (non-hydrogen) atoms. The Bertz CT molecular complexity index is 350. The van der Waals surface area contributed by atoms with Crippen molar-refractivity contribution in [2.24, 2.45) is 0 Å². The second-order valence-electron chi connectivity index (χ2n) is 3.76. The van der Waals surface area contributed by atoms with Crippen molar-refractivity contribution in [1.82, 2.24) is 0 Å². The van der Waals surface area contributed by atoms with Gasteiger partial charge >= 0.3 is 5.97 Å². The summed E-state index contributed by atoms with van der Waals surface area (Å²) in [6, 6.07) is 7.97. The summed E-state index contributed by atoms with van der Waals surface area (Å²) in [5, 5.41) is 8.44. The highest BCUT2D eigenvalue weighted by Gasteiger charge is 1.99. The zero-order valence-electron chi connectivity index (χ0n) is 9.64. The molecule has 0 saturated heterocycles. The fourth-order valence-corrected chi connectivity index (χ4v) is 1.27. The first-order valence-corrected chi connectivity index (χ1v) is 5.15. The van der Waals surface area contributed by atoms with Crippen LogP contribution in [0.15, 0.2) is 24.3 Å². The molecule has 0 aliphatic carbocycles. The van der Waals surface area contributed by atoms with Crippen LogP contribution in [0.25, 0.3) is 0 Å². The number of hydrogen-bond acceptors (Lipinski definition) is 3. The maximum atomic E-state index is 10.3. The van der Waals surface area contributed by atoms with Crippen molar-refractivity contribution in [3.63, 3.8) is 0 Å². The highest BCUT2D eigenvalue weighted by Crippen LogP contribution is 2.13. The smallest absolute Gasteiger partial charge is 0.305 e. The van der Waals surface area contributed by atoms with Gasteiger partial charge in [-0.3, -0.25) is 4.79 Å². The molecule has 4 nitrogen and oxygen atoms in total. The Labute approximate surface area is 95.5 Å². The summed E-state index contributed by atoms with van der Waals surface area (Å²) >= 11 is 0. The molecule has 0 aliphatic rings. The van der Waals surface area contributed by atoms with E-state index in [1.165, 1.54) is 0 Å². The normalized spacial score (nSPS) is 10.1. The van der Waals surface area contributed by atoms with E-state index in [0.29, 0.717) is 6.61 Å². The Balaban J connectivity index is 2.42. The van der Waals surface area contributed by atoms with Gasteiger partial charge in [0, 0.05) is 19.8 Å². The summed E-state index contributed by atoms with van der Waals surface area (Å²) < 4.78 is 5.27. The number of carbonyl (C=O) groups is 1. The van der Waals surface area contributed by atoms with Crippen LogP contribution in [0.4, 0.5) is 5.69 Å². The summed E-state index contributed by atoms with van der Waals surface area (Å²) in [5.41, 5.74) is 2.16. The van der Waals surface area contributed by atoms with Gasteiger partial charge in [-0.05, 0) is 17.7 Å². The molecule has 0 radical (unpaired) electrons. The average Bonchev–Trinajstić information content (AvgIpc) is 2.24. The Morgan fingerprint density at radius 2 is 2.19 bits per heavy atom. The molecular weight excluding hydrogens is 206 g/mol. The van der Waals surface area contributed by atoms with Gasteiger partial charge in [-0.25, -0.2) is 0 Å². The molecule has 0 aliphatic heterocycles. The molecule has 0 saturated carbocycles. The molecule has 0 spiro atoms. The van der Waals surface area contributed by atoms with Gasteiger partial charge in [-0.1, -0.05) is 12.1 Å². The van der Waals surface area contributed by atoms with Gasteiger partial charge in [0.1, 0.15) is 0 Å². The highest BCUT2D eigenvalue weighted by molar-refractivity contribution is 5.66. The summed E-state index contributed by atoms with van der Waals surface area (Å²) in [5.74, 6) is -0.831. The zero-order valence-corrected chi connectivity index (χ0v) is 9.64. The summed E-state index contributed by atoms with van der Waals surface area (Å²) in [6.45, 7) is 0.705. The van der Waals surface area contributed by atoms with E-state index in [0.717, 1.165) is 11.3 Å². The number of hydrogen-bond donors (Lipinski definition) is 1. The molecule has 0 unspecified atom stereocenters. The average molecular weight is 223 g/mol. The van der Waals surface area contributed by atoms with E-state index in [1.54, 1.807) is 0 Å². The summed E-state index contributed by atoms with van der Waals surface area (Å²) in [4.78, 5) is 12.3. The number of ether oxygens (including phenoxy) is 1. The van der Waals surface area contributed by atoms with Crippen LogP contribution in [0.2, 0.25) is 0 Å². The maximum absolute atomic E-state index is 10.3. The number of rotatable bonds is 6. The molecule has 0 atom stereocenters. The molecule has 0 aromatic heterocycles. The van der Waals surface area contributed by atoms with Crippen LogP contribution >= 0.6 is 0 Å². The Morgan fingerprint density at radius 1 is 1.44 bits per heavy atom. The van der Waals surface area contributed by atoms with E-state index in [1.807, 2.05) is 43.3 Å². The van der Waals surface area contributed by atoms with E-state index in [9.17, 15) is 4.79 Å². The predicted octanol–water partition coefficient (Wildman–Crippen LogP) is 1.74. The zero-order chi connectivity index (χ0) is 12.0. The monoisotopic (exact) mass is 223 g/mol. The fraction of sp³-hybridized carbons (Fsp3) is 0.417. The molecule has 0 amide bonds. The second kappa shape index (κ2) is 6.12. The van der Waals surface area contributed by atoms with Gasteiger partial charge in [-0.2, -0.15) is 0 Å². The Hall–Kier alpha value is -1.55. The lowest BCUT2D eigenvalue weighted by atomic mass is 10.2. The number of benzene rings is 1. The third kappa shape index (κ3) is 4.31. The van der Waals surface area contributed by atoms with Crippen molar-refractivity contribution in [3.05, 3.63) is 29.8 Å². The van der Waals surface area contributed by atoms with Crippen molar-refractivity contribution < 1.29 is 14.6 Å². The largest absolute Gasteiger partial charge is 0.481 e.